The molecule has 30 heavy (non-hydrogen) atoms. The van der Waals surface area contributed by atoms with Crippen LogP contribution in [0, 0.1) is 0 Å². The van der Waals surface area contributed by atoms with Gasteiger partial charge >= 0.3 is 0 Å². The molecule has 0 aliphatic carbocycles. The van der Waals surface area contributed by atoms with E-state index in [0.29, 0.717) is 0 Å². The molecule has 3 heterocycles. The number of carbonyl (C=O) groups excluding carboxylic acids is 1. The minimum absolute atomic E-state index is 0. The molecule has 0 bridgehead atoms. The largest absolute Gasteiger partial charge is 0.334 e. The van der Waals surface area contributed by atoms with E-state index in [4.69, 9.17) is 5.73 Å². The molecule has 5 nitrogen and oxygen atoms in total. The lowest BCUT2D eigenvalue weighted by atomic mass is 9.96. The van der Waals surface area contributed by atoms with Crippen molar-refractivity contribution in [2.45, 2.75) is 48.9 Å². The Balaban J connectivity index is 0.00000160. The number of thioether (sulfide) groups is 1. The third-order valence-electron chi connectivity index (χ3n) is 5.32. The fraction of sp³-hybridized carbons (Fsp3) is 0.364. The number of amides is 1. The Morgan fingerprint density at radius 1 is 1.20 bits per heavy atom. The van der Waals surface area contributed by atoms with E-state index in [9.17, 15) is 4.79 Å². The lowest BCUT2D eigenvalue weighted by Crippen LogP contribution is -2.51. The zero-order valence-electron chi connectivity index (χ0n) is 16.9. The van der Waals surface area contributed by atoms with Gasteiger partial charge in [-0.25, -0.2) is 4.98 Å². The van der Waals surface area contributed by atoms with Crippen molar-refractivity contribution in [2.24, 2.45) is 5.73 Å². The number of benzene rings is 1. The molecule has 2 atom stereocenters. The molecule has 8 heteroatoms. The summed E-state index contributed by atoms with van der Waals surface area (Å²) in [7, 11) is 0. The van der Waals surface area contributed by atoms with Crippen LogP contribution in [0.5, 0.6) is 0 Å². The number of nitrogens with two attached hydrogens (primary N) is 1. The van der Waals surface area contributed by atoms with Crippen molar-refractivity contribution < 1.29 is 4.79 Å². The third-order valence-corrected chi connectivity index (χ3v) is 6.36. The summed E-state index contributed by atoms with van der Waals surface area (Å²) in [4.78, 5) is 20.7. The Hall–Kier alpha value is -1.73. The van der Waals surface area contributed by atoms with Gasteiger partial charge in [0.25, 0.3) is 5.91 Å². The van der Waals surface area contributed by atoms with Gasteiger partial charge in [0.2, 0.25) is 0 Å². The molecule has 0 radical (unpaired) electrons. The van der Waals surface area contributed by atoms with E-state index >= 15 is 0 Å². The van der Waals surface area contributed by atoms with Gasteiger partial charge in [-0.05, 0) is 62.6 Å². The minimum atomic E-state index is 0. The molecule has 2 unspecified atom stereocenters. The average molecular weight is 467 g/mol. The van der Waals surface area contributed by atoms with Crippen molar-refractivity contribution in [2.75, 3.05) is 6.54 Å². The standard InChI is InChI=1S/C22H26N4OS.2ClH/c1-16(23)20-6-2-5-13-26(20)22(27)17-8-10-19(11-9-17)28-15-18-14-25-12-4-3-7-21(25)24-18;;/h3-4,7-12,14,16,20H,2,5-6,13,15,23H2,1H3;2*1H. The van der Waals surface area contributed by atoms with Gasteiger partial charge in [-0.2, -0.15) is 0 Å². The molecule has 2 aromatic heterocycles. The second-order valence-corrected chi connectivity index (χ2v) is 8.48. The fourth-order valence-electron chi connectivity index (χ4n) is 3.83. The Morgan fingerprint density at radius 2 is 1.97 bits per heavy atom. The summed E-state index contributed by atoms with van der Waals surface area (Å²) in [5.74, 6) is 0.896. The number of fused-ring (bicyclic) bond motifs is 1. The summed E-state index contributed by atoms with van der Waals surface area (Å²) in [5.41, 5.74) is 8.86. The smallest absolute Gasteiger partial charge is 0.254 e. The highest BCUT2D eigenvalue weighted by atomic mass is 35.5. The highest BCUT2D eigenvalue weighted by Crippen LogP contribution is 2.25. The van der Waals surface area contributed by atoms with E-state index in [2.05, 4.69) is 11.2 Å². The summed E-state index contributed by atoms with van der Waals surface area (Å²) < 4.78 is 2.03. The van der Waals surface area contributed by atoms with Crippen molar-refractivity contribution in [1.82, 2.24) is 14.3 Å². The number of imidazole rings is 1. The molecule has 1 amide bonds. The van der Waals surface area contributed by atoms with Crippen LogP contribution in [0.3, 0.4) is 0 Å². The number of hydrogen-bond acceptors (Lipinski definition) is 4. The third kappa shape index (κ3) is 5.49. The first-order chi connectivity index (χ1) is 13.6. The van der Waals surface area contributed by atoms with Gasteiger partial charge in [-0.1, -0.05) is 6.07 Å². The molecule has 4 rings (SSSR count). The van der Waals surface area contributed by atoms with E-state index in [0.717, 1.165) is 53.4 Å². The van der Waals surface area contributed by atoms with Crippen LogP contribution < -0.4 is 5.73 Å². The summed E-state index contributed by atoms with van der Waals surface area (Å²) >= 11 is 1.73. The van der Waals surface area contributed by atoms with Crippen LogP contribution in [-0.4, -0.2) is 38.8 Å². The van der Waals surface area contributed by atoms with Crippen LogP contribution in [0.25, 0.3) is 5.65 Å². The number of hydrogen-bond donors (Lipinski definition) is 1. The zero-order valence-corrected chi connectivity index (χ0v) is 19.4. The van der Waals surface area contributed by atoms with Crippen LogP contribution in [0.2, 0.25) is 0 Å². The van der Waals surface area contributed by atoms with Gasteiger partial charge in [0.1, 0.15) is 5.65 Å². The van der Waals surface area contributed by atoms with Gasteiger partial charge in [0, 0.05) is 47.2 Å². The van der Waals surface area contributed by atoms with Gasteiger partial charge in [0.15, 0.2) is 0 Å². The van der Waals surface area contributed by atoms with E-state index in [-0.39, 0.29) is 42.8 Å². The molecule has 3 aromatic rings. The Kier molecular flexibility index (Phi) is 9.04. The monoisotopic (exact) mass is 466 g/mol. The molecular weight excluding hydrogens is 439 g/mol. The first kappa shape index (κ1) is 24.5. The maximum atomic E-state index is 13.0. The molecule has 0 spiro atoms. The summed E-state index contributed by atoms with van der Waals surface area (Å²) in [6.45, 7) is 2.80. The molecule has 1 aromatic carbocycles. The normalized spacial score (nSPS) is 17.1. The zero-order chi connectivity index (χ0) is 19.5. The topological polar surface area (TPSA) is 63.6 Å². The lowest BCUT2D eigenvalue weighted by molar-refractivity contribution is 0.0584. The number of halogens is 2. The molecular formula is C22H28Cl2N4OS. The molecule has 1 saturated heterocycles. The Bertz CT molecular complexity index is 928. The van der Waals surface area contributed by atoms with Gasteiger partial charge in [0.05, 0.1) is 5.69 Å². The van der Waals surface area contributed by atoms with E-state index < -0.39 is 0 Å². The van der Waals surface area contributed by atoms with E-state index in [1.165, 1.54) is 0 Å². The number of carbonyl (C=O) groups is 1. The number of aromatic nitrogens is 2. The van der Waals surface area contributed by atoms with Crippen molar-refractivity contribution in [3.05, 3.63) is 66.1 Å². The average Bonchev–Trinajstić information content (AvgIpc) is 3.15. The van der Waals surface area contributed by atoms with Crippen LogP contribution >= 0.6 is 36.6 Å². The van der Waals surface area contributed by atoms with Crippen molar-refractivity contribution in [1.29, 1.82) is 0 Å². The summed E-state index contributed by atoms with van der Waals surface area (Å²) in [6.07, 6.45) is 7.27. The highest BCUT2D eigenvalue weighted by molar-refractivity contribution is 7.98. The number of piperidine rings is 1. The molecule has 1 aliphatic heterocycles. The van der Waals surface area contributed by atoms with Crippen LogP contribution in [0.1, 0.15) is 42.2 Å². The Labute approximate surface area is 194 Å². The predicted octanol–water partition coefficient (Wildman–Crippen LogP) is 4.81. The van der Waals surface area contributed by atoms with Crippen molar-refractivity contribution >= 4 is 48.1 Å². The number of pyridine rings is 1. The van der Waals surface area contributed by atoms with Crippen LogP contribution in [0.4, 0.5) is 0 Å². The minimum Gasteiger partial charge on any atom is -0.334 e. The lowest BCUT2D eigenvalue weighted by Gasteiger charge is -2.38. The number of rotatable bonds is 5. The number of likely N-dealkylation sites (tertiary alicyclic amines) is 1. The highest BCUT2D eigenvalue weighted by Gasteiger charge is 2.29. The Morgan fingerprint density at radius 3 is 2.67 bits per heavy atom. The quantitative estimate of drug-likeness (QED) is 0.547. The van der Waals surface area contributed by atoms with Crippen molar-refractivity contribution in [3.8, 4) is 0 Å². The fourth-order valence-corrected chi connectivity index (χ4v) is 4.61. The van der Waals surface area contributed by atoms with E-state index in [1.54, 1.807) is 11.8 Å². The van der Waals surface area contributed by atoms with Gasteiger partial charge < -0.3 is 15.0 Å². The molecule has 1 aliphatic rings. The first-order valence-electron chi connectivity index (χ1n) is 9.84. The van der Waals surface area contributed by atoms with Crippen LogP contribution in [-0.2, 0) is 5.75 Å². The van der Waals surface area contributed by atoms with Crippen molar-refractivity contribution in [3.63, 3.8) is 0 Å². The van der Waals surface area contributed by atoms with Gasteiger partial charge in [-0.3, -0.25) is 4.79 Å². The number of nitrogens with zero attached hydrogens (tertiary/aromatic N) is 3. The maximum absolute atomic E-state index is 13.0. The maximum Gasteiger partial charge on any atom is 0.254 e. The summed E-state index contributed by atoms with van der Waals surface area (Å²) in [6, 6.07) is 14.1. The summed E-state index contributed by atoms with van der Waals surface area (Å²) in [5, 5.41) is 0. The molecule has 0 saturated carbocycles. The SMILES string of the molecule is CC(N)C1CCCCN1C(=O)c1ccc(SCc2cn3ccccc3n2)cc1.Cl.Cl. The molecule has 162 valence electrons. The second kappa shape index (κ2) is 11.0. The molecule has 2 N–H and O–H groups in total. The molecule has 1 fully saturated rings. The second-order valence-electron chi connectivity index (χ2n) is 7.43. The first-order valence-corrected chi connectivity index (χ1v) is 10.8. The predicted molar refractivity (Wildman–Crippen MR) is 128 cm³/mol. The van der Waals surface area contributed by atoms with Gasteiger partial charge in [-0.15, -0.1) is 36.6 Å². The van der Waals surface area contributed by atoms with Crippen LogP contribution in [0.15, 0.2) is 59.8 Å². The van der Waals surface area contributed by atoms with E-state index in [1.807, 2.05) is 64.9 Å².